The van der Waals surface area contributed by atoms with E-state index in [9.17, 15) is 0 Å². The maximum Gasteiger partial charge on any atom is 0.212 e. The summed E-state index contributed by atoms with van der Waals surface area (Å²) in [6.07, 6.45) is 2.55. The molecule has 0 spiro atoms. The molecule has 3 nitrogen and oxygen atoms in total. The standard InChI is InChI=1S/C11H16N2O/c1-8(2)10(12)6-9-4-5-11(14-3)13-7-9/h4-5,7,10H,1,6,12H2,2-3H3. The normalized spacial score (nSPS) is 12.2. The Hall–Kier alpha value is -1.35. The van der Waals surface area contributed by atoms with E-state index in [0.29, 0.717) is 5.88 Å². The van der Waals surface area contributed by atoms with Crippen LogP contribution in [0.2, 0.25) is 0 Å². The first kappa shape index (κ1) is 10.7. The van der Waals surface area contributed by atoms with Gasteiger partial charge in [-0.3, -0.25) is 0 Å². The molecule has 0 bridgehead atoms. The molecule has 1 atom stereocenters. The molecule has 0 amide bonds. The second kappa shape index (κ2) is 4.77. The average molecular weight is 192 g/mol. The van der Waals surface area contributed by atoms with Gasteiger partial charge in [0.25, 0.3) is 0 Å². The summed E-state index contributed by atoms with van der Waals surface area (Å²) in [6.45, 7) is 5.75. The van der Waals surface area contributed by atoms with E-state index in [1.807, 2.05) is 19.1 Å². The first-order valence-corrected chi connectivity index (χ1v) is 4.53. The number of nitrogens with zero attached hydrogens (tertiary/aromatic N) is 1. The van der Waals surface area contributed by atoms with Gasteiger partial charge < -0.3 is 10.5 Å². The van der Waals surface area contributed by atoms with Crippen molar-refractivity contribution in [1.82, 2.24) is 4.98 Å². The fourth-order valence-corrected chi connectivity index (χ4v) is 1.08. The van der Waals surface area contributed by atoms with E-state index in [1.165, 1.54) is 0 Å². The van der Waals surface area contributed by atoms with Crippen LogP contribution in [0.4, 0.5) is 0 Å². The summed E-state index contributed by atoms with van der Waals surface area (Å²) in [7, 11) is 1.60. The van der Waals surface area contributed by atoms with Gasteiger partial charge in [0.05, 0.1) is 7.11 Å². The van der Waals surface area contributed by atoms with Crippen molar-refractivity contribution in [2.24, 2.45) is 5.73 Å². The number of aromatic nitrogens is 1. The van der Waals surface area contributed by atoms with Crippen LogP contribution in [0, 0.1) is 0 Å². The van der Waals surface area contributed by atoms with Crippen molar-refractivity contribution < 1.29 is 4.74 Å². The number of rotatable bonds is 4. The zero-order valence-electron chi connectivity index (χ0n) is 8.66. The van der Waals surface area contributed by atoms with Crippen LogP contribution in [0.15, 0.2) is 30.5 Å². The third-order valence-electron chi connectivity index (χ3n) is 2.10. The van der Waals surface area contributed by atoms with Crippen LogP contribution in [0.3, 0.4) is 0 Å². The first-order valence-electron chi connectivity index (χ1n) is 4.53. The quantitative estimate of drug-likeness (QED) is 0.736. The Morgan fingerprint density at radius 3 is 2.79 bits per heavy atom. The van der Waals surface area contributed by atoms with E-state index >= 15 is 0 Å². The smallest absolute Gasteiger partial charge is 0.212 e. The van der Waals surface area contributed by atoms with Crippen LogP contribution in [0.1, 0.15) is 12.5 Å². The Balaban J connectivity index is 2.64. The summed E-state index contributed by atoms with van der Waals surface area (Å²) in [6, 6.07) is 3.81. The number of pyridine rings is 1. The summed E-state index contributed by atoms with van der Waals surface area (Å²) < 4.78 is 4.96. The van der Waals surface area contributed by atoms with Crippen molar-refractivity contribution >= 4 is 0 Å². The lowest BCUT2D eigenvalue weighted by Crippen LogP contribution is -2.23. The maximum absolute atomic E-state index is 5.86. The fourth-order valence-electron chi connectivity index (χ4n) is 1.08. The third kappa shape index (κ3) is 2.85. The van der Waals surface area contributed by atoms with Gasteiger partial charge in [0.15, 0.2) is 0 Å². The van der Waals surface area contributed by atoms with Crippen molar-refractivity contribution in [2.75, 3.05) is 7.11 Å². The predicted octanol–water partition coefficient (Wildman–Crippen LogP) is 1.54. The minimum atomic E-state index is 0.00481. The Labute approximate surface area is 84.6 Å². The number of hydrogen-bond donors (Lipinski definition) is 1. The first-order chi connectivity index (χ1) is 6.63. The SMILES string of the molecule is C=C(C)C(N)Cc1ccc(OC)nc1. The second-order valence-electron chi connectivity index (χ2n) is 3.37. The van der Waals surface area contributed by atoms with Gasteiger partial charge in [-0.15, -0.1) is 0 Å². The molecule has 0 fully saturated rings. The van der Waals surface area contributed by atoms with E-state index in [1.54, 1.807) is 13.3 Å². The largest absolute Gasteiger partial charge is 0.481 e. The Kier molecular flexibility index (Phi) is 3.65. The van der Waals surface area contributed by atoms with Crippen molar-refractivity contribution in [3.63, 3.8) is 0 Å². The molecule has 0 radical (unpaired) electrons. The van der Waals surface area contributed by atoms with E-state index in [4.69, 9.17) is 10.5 Å². The van der Waals surface area contributed by atoms with Gasteiger partial charge in [-0.25, -0.2) is 4.98 Å². The highest BCUT2D eigenvalue weighted by molar-refractivity contribution is 5.20. The van der Waals surface area contributed by atoms with E-state index in [2.05, 4.69) is 11.6 Å². The van der Waals surface area contributed by atoms with E-state index < -0.39 is 0 Å². The van der Waals surface area contributed by atoms with Gasteiger partial charge in [-0.05, 0) is 18.9 Å². The van der Waals surface area contributed by atoms with Crippen molar-refractivity contribution in [2.45, 2.75) is 19.4 Å². The molecule has 1 aromatic heterocycles. The van der Waals surface area contributed by atoms with Gasteiger partial charge in [-0.2, -0.15) is 0 Å². The third-order valence-corrected chi connectivity index (χ3v) is 2.10. The molecule has 0 aliphatic rings. The average Bonchev–Trinajstić information content (AvgIpc) is 2.19. The maximum atomic E-state index is 5.86. The number of ether oxygens (including phenoxy) is 1. The summed E-state index contributed by atoms with van der Waals surface area (Å²) in [4.78, 5) is 4.10. The van der Waals surface area contributed by atoms with Gasteiger partial charge in [-0.1, -0.05) is 18.2 Å². The van der Waals surface area contributed by atoms with Crippen molar-refractivity contribution in [1.29, 1.82) is 0 Å². The molecule has 1 rings (SSSR count). The lowest BCUT2D eigenvalue weighted by molar-refractivity contribution is 0.397. The molecule has 0 aliphatic heterocycles. The molecule has 0 saturated heterocycles. The molecule has 1 heterocycles. The topological polar surface area (TPSA) is 48.1 Å². The number of hydrogen-bond acceptors (Lipinski definition) is 3. The zero-order chi connectivity index (χ0) is 10.6. The van der Waals surface area contributed by atoms with Crippen LogP contribution < -0.4 is 10.5 Å². The van der Waals surface area contributed by atoms with Crippen LogP contribution in [0.25, 0.3) is 0 Å². The van der Waals surface area contributed by atoms with Gasteiger partial charge >= 0.3 is 0 Å². The highest BCUT2D eigenvalue weighted by Gasteiger charge is 2.04. The Morgan fingerprint density at radius 1 is 1.64 bits per heavy atom. The molecule has 3 heteroatoms. The molecule has 0 aliphatic carbocycles. The molecular formula is C11H16N2O. The molecule has 2 N–H and O–H groups in total. The van der Waals surface area contributed by atoms with Crippen LogP contribution in [-0.2, 0) is 6.42 Å². The minimum Gasteiger partial charge on any atom is -0.481 e. The van der Waals surface area contributed by atoms with Gasteiger partial charge in [0.2, 0.25) is 5.88 Å². The Morgan fingerprint density at radius 2 is 2.36 bits per heavy atom. The summed E-state index contributed by atoms with van der Waals surface area (Å²) >= 11 is 0. The summed E-state index contributed by atoms with van der Waals surface area (Å²) in [5, 5.41) is 0. The van der Waals surface area contributed by atoms with E-state index in [0.717, 1.165) is 17.6 Å². The lowest BCUT2D eigenvalue weighted by atomic mass is 10.0. The molecule has 1 unspecified atom stereocenters. The molecular weight excluding hydrogens is 176 g/mol. The summed E-state index contributed by atoms with van der Waals surface area (Å²) in [5.41, 5.74) is 7.95. The van der Waals surface area contributed by atoms with Gasteiger partial charge in [0, 0.05) is 18.3 Å². The van der Waals surface area contributed by atoms with Crippen LogP contribution in [-0.4, -0.2) is 18.1 Å². The molecule has 0 aromatic carbocycles. The van der Waals surface area contributed by atoms with Crippen molar-refractivity contribution in [3.8, 4) is 5.88 Å². The molecule has 14 heavy (non-hydrogen) atoms. The second-order valence-corrected chi connectivity index (χ2v) is 3.37. The Bertz CT molecular complexity index is 306. The van der Waals surface area contributed by atoms with Crippen LogP contribution >= 0.6 is 0 Å². The monoisotopic (exact) mass is 192 g/mol. The number of nitrogens with two attached hydrogens (primary N) is 1. The minimum absolute atomic E-state index is 0.00481. The zero-order valence-corrected chi connectivity index (χ0v) is 8.66. The van der Waals surface area contributed by atoms with Crippen LogP contribution in [0.5, 0.6) is 5.88 Å². The molecule has 76 valence electrons. The van der Waals surface area contributed by atoms with E-state index in [-0.39, 0.29) is 6.04 Å². The van der Waals surface area contributed by atoms with Crippen molar-refractivity contribution in [3.05, 3.63) is 36.0 Å². The molecule has 1 aromatic rings. The molecule has 0 saturated carbocycles. The predicted molar refractivity (Wildman–Crippen MR) is 57.3 cm³/mol. The lowest BCUT2D eigenvalue weighted by Gasteiger charge is -2.10. The highest BCUT2D eigenvalue weighted by atomic mass is 16.5. The number of methoxy groups -OCH3 is 1. The van der Waals surface area contributed by atoms with Gasteiger partial charge in [0.1, 0.15) is 0 Å². The fraction of sp³-hybridized carbons (Fsp3) is 0.364. The summed E-state index contributed by atoms with van der Waals surface area (Å²) in [5.74, 6) is 0.623. The highest BCUT2D eigenvalue weighted by Crippen LogP contribution is 2.10.